The van der Waals surface area contributed by atoms with Crippen LogP contribution in [0.5, 0.6) is 0 Å². The van der Waals surface area contributed by atoms with Gasteiger partial charge in [0.15, 0.2) is 0 Å². The fraction of sp³-hybridized carbons (Fsp3) is 0.312. The van der Waals surface area contributed by atoms with Gasteiger partial charge in [0.25, 0.3) is 5.91 Å². The molecule has 0 aliphatic carbocycles. The number of anilines is 1. The van der Waals surface area contributed by atoms with E-state index in [2.05, 4.69) is 5.32 Å². The molecule has 1 heterocycles. The standard InChI is InChI=1S/C16H20N2O3S2/c1-3-13-7-4-5-8-14(13)18(23(2,20)21)11-10-17-16(19)15-9-6-12-22-15/h4-9,12H,3,10-11H2,1-2H3,(H,17,19). The van der Waals surface area contributed by atoms with Gasteiger partial charge in [-0.25, -0.2) is 8.42 Å². The monoisotopic (exact) mass is 352 g/mol. The molecule has 0 aliphatic rings. The summed E-state index contributed by atoms with van der Waals surface area (Å²) in [5, 5.41) is 4.59. The number of sulfonamides is 1. The highest BCUT2D eigenvalue weighted by Crippen LogP contribution is 2.23. The van der Waals surface area contributed by atoms with Gasteiger partial charge in [0.05, 0.1) is 23.4 Å². The number of hydrogen-bond acceptors (Lipinski definition) is 4. The molecule has 1 aromatic heterocycles. The van der Waals surface area contributed by atoms with Crippen LogP contribution < -0.4 is 9.62 Å². The van der Waals surface area contributed by atoms with Gasteiger partial charge in [0.1, 0.15) is 0 Å². The average molecular weight is 352 g/mol. The van der Waals surface area contributed by atoms with Crippen molar-refractivity contribution in [3.8, 4) is 0 Å². The largest absolute Gasteiger partial charge is 0.350 e. The fourth-order valence-electron chi connectivity index (χ4n) is 2.28. The minimum absolute atomic E-state index is 0.183. The molecule has 0 saturated heterocycles. The van der Waals surface area contributed by atoms with Crippen LogP contribution in [0.15, 0.2) is 41.8 Å². The minimum atomic E-state index is -3.42. The highest BCUT2D eigenvalue weighted by atomic mass is 32.2. The summed E-state index contributed by atoms with van der Waals surface area (Å²) in [5.41, 5.74) is 1.63. The maximum Gasteiger partial charge on any atom is 0.261 e. The van der Waals surface area contributed by atoms with Gasteiger partial charge in [-0.15, -0.1) is 11.3 Å². The molecule has 5 nitrogen and oxygen atoms in total. The minimum Gasteiger partial charge on any atom is -0.350 e. The first kappa shape index (κ1) is 17.5. The molecule has 2 rings (SSSR count). The summed E-state index contributed by atoms with van der Waals surface area (Å²) in [6.07, 6.45) is 1.92. The van der Waals surface area contributed by atoms with Crippen molar-refractivity contribution in [1.82, 2.24) is 5.32 Å². The van der Waals surface area contributed by atoms with Crippen molar-refractivity contribution in [3.63, 3.8) is 0 Å². The molecule has 0 radical (unpaired) electrons. The van der Waals surface area contributed by atoms with Crippen LogP contribution in [-0.2, 0) is 16.4 Å². The van der Waals surface area contributed by atoms with Gasteiger partial charge >= 0.3 is 0 Å². The third-order valence-corrected chi connectivity index (χ3v) is 5.44. The van der Waals surface area contributed by atoms with E-state index in [1.165, 1.54) is 21.9 Å². The number of amides is 1. The molecule has 0 bridgehead atoms. The second-order valence-corrected chi connectivity index (χ2v) is 7.91. The van der Waals surface area contributed by atoms with Crippen molar-refractivity contribution in [2.75, 3.05) is 23.7 Å². The third-order valence-electron chi connectivity index (χ3n) is 3.39. The molecule has 0 saturated carbocycles. The summed E-state index contributed by atoms with van der Waals surface area (Å²) in [6.45, 7) is 2.44. The number of nitrogens with zero attached hydrogens (tertiary/aromatic N) is 1. The molecule has 0 atom stereocenters. The van der Waals surface area contributed by atoms with E-state index < -0.39 is 10.0 Å². The SMILES string of the molecule is CCc1ccccc1N(CCNC(=O)c1cccs1)S(C)(=O)=O. The molecule has 23 heavy (non-hydrogen) atoms. The molecule has 1 N–H and O–H groups in total. The molecule has 0 unspecified atom stereocenters. The molecule has 0 spiro atoms. The fourth-order valence-corrected chi connectivity index (χ4v) is 3.88. The van der Waals surface area contributed by atoms with Gasteiger partial charge in [-0.1, -0.05) is 31.2 Å². The van der Waals surface area contributed by atoms with Crippen molar-refractivity contribution in [1.29, 1.82) is 0 Å². The van der Waals surface area contributed by atoms with E-state index in [4.69, 9.17) is 0 Å². The van der Waals surface area contributed by atoms with Gasteiger partial charge in [-0.3, -0.25) is 9.10 Å². The quantitative estimate of drug-likeness (QED) is 0.832. The lowest BCUT2D eigenvalue weighted by Gasteiger charge is -2.24. The van der Waals surface area contributed by atoms with Crippen molar-refractivity contribution in [2.24, 2.45) is 0 Å². The van der Waals surface area contributed by atoms with E-state index in [1.807, 2.05) is 30.5 Å². The average Bonchev–Trinajstić information content (AvgIpc) is 3.04. The number of thiophene rings is 1. The Morgan fingerprint density at radius 2 is 1.96 bits per heavy atom. The van der Waals surface area contributed by atoms with Crippen LogP contribution in [-0.4, -0.2) is 33.7 Å². The Kier molecular flexibility index (Phi) is 5.79. The van der Waals surface area contributed by atoms with E-state index >= 15 is 0 Å². The van der Waals surface area contributed by atoms with Crippen LogP contribution in [0, 0.1) is 0 Å². The van der Waals surface area contributed by atoms with Crippen LogP contribution in [0.25, 0.3) is 0 Å². The zero-order valence-corrected chi connectivity index (χ0v) is 14.8. The van der Waals surface area contributed by atoms with E-state index in [-0.39, 0.29) is 19.0 Å². The first-order chi connectivity index (χ1) is 10.9. The second kappa shape index (κ2) is 7.61. The Labute approximate surface area is 141 Å². The number of hydrogen-bond donors (Lipinski definition) is 1. The molecule has 124 valence electrons. The smallest absolute Gasteiger partial charge is 0.261 e. The van der Waals surface area contributed by atoms with E-state index in [9.17, 15) is 13.2 Å². The van der Waals surface area contributed by atoms with Crippen molar-refractivity contribution >= 4 is 33.0 Å². The number of benzene rings is 1. The molecule has 2 aromatic rings. The van der Waals surface area contributed by atoms with Crippen molar-refractivity contribution in [2.45, 2.75) is 13.3 Å². The molecule has 0 aliphatic heterocycles. The van der Waals surface area contributed by atoms with E-state index in [1.54, 1.807) is 18.2 Å². The lowest BCUT2D eigenvalue weighted by Crippen LogP contribution is -2.38. The second-order valence-electron chi connectivity index (χ2n) is 5.05. The number of carbonyl (C=O) groups is 1. The molecule has 1 aromatic carbocycles. The highest BCUT2D eigenvalue weighted by molar-refractivity contribution is 7.92. The van der Waals surface area contributed by atoms with Gasteiger partial charge in [-0.05, 0) is 29.5 Å². The first-order valence-electron chi connectivity index (χ1n) is 7.30. The van der Waals surface area contributed by atoms with Crippen LogP contribution >= 0.6 is 11.3 Å². The van der Waals surface area contributed by atoms with Crippen LogP contribution in [0.3, 0.4) is 0 Å². The Hall–Kier alpha value is -1.86. The number of carbonyl (C=O) groups excluding carboxylic acids is 1. The van der Waals surface area contributed by atoms with Crippen LogP contribution in [0.4, 0.5) is 5.69 Å². The lowest BCUT2D eigenvalue weighted by atomic mass is 10.1. The summed E-state index contributed by atoms with van der Waals surface area (Å²) >= 11 is 1.35. The normalized spacial score (nSPS) is 11.2. The first-order valence-corrected chi connectivity index (χ1v) is 10.0. The van der Waals surface area contributed by atoms with Gasteiger partial charge in [0, 0.05) is 6.54 Å². The van der Waals surface area contributed by atoms with Crippen molar-refractivity contribution in [3.05, 3.63) is 52.2 Å². The van der Waals surface area contributed by atoms with Crippen LogP contribution in [0.1, 0.15) is 22.2 Å². The number of para-hydroxylation sites is 1. The summed E-state index contributed by atoms with van der Waals surface area (Å²) < 4.78 is 25.6. The molecule has 0 fully saturated rings. The Bertz CT molecular complexity index is 755. The summed E-state index contributed by atoms with van der Waals surface area (Å²) in [7, 11) is -3.42. The maximum atomic E-state index is 12.1. The topological polar surface area (TPSA) is 66.5 Å². The zero-order chi connectivity index (χ0) is 16.9. The summed E-state index contributed by atoms with van der Waals surface area (Å²) in [4.78, 5) is 12.5. The Morgan fingerprint density at radius 1 is 1.22 bits per heavy atom. The van der Waals surface area contributed by atoms with Gasteiger partial charge in [0.2, 0.25) is 10.0 Å². The molecular formula is C16H20N2O3S2. The number of nitrogens with one attached hydrogen (secondary N) is 1. The number of rotatable bonds is 7. The third kappa shape index (κ3) is 4.56. The zero-order valence-electron chi connectivity index (χ0n) is 13.2. The van der Waals surface area contributed by atoms with Gasteiger partial charge < -0.3 is 5.32 Å². The predicted octanol–water partition coefficient (Wildman–Crippen LogP) is 2.51. The Balaban J connectivity index is 2.10. The predicted molar refractivity (Wildman–Crippen MR) is 94.7 cm³/mol. The van der Waals surface area contributed by atoms with Crippen molar-refractivity contribution < 1.29 is 13.2 Å². The molecular weight excluding hydrogens is 332 g/mol. The Morgan fingerprint density at radius 3 is 2.57 bits per heavy atom. The molecule has 1 amide bonds. The number of aryl methyl sites for hydroxylation is 1. The van der Waals surface area contributed by atoms with Gasteiger partial charge in [-0.2, -0.15) is 0 Å². The molecule has 7 heteroatoms. The summed E-state index contributed by atoms with van der Waals surface area (Å²) in [5.74, 6) is -0.183. The van der Waals surface area contributed by atoms with E-state index in [0.29, 0.717) is 10.6 Å². The maximum absolute atomic E-state index is 12.1. The van der Waals surface area contributed by atoms with E-state index in [0.717, 1.165) is 12.0 Å². The van der Waals surface area contributed by atoms with Crippen LogP contribution in [0.2, 0.25) is 0 Å². The highest BCUT2D eigenvalue weighted by Gasteiger charge is 2.19. The summed E-state index contributed by atoms with van der Waals surface area (Å²) in [6, 6.07) is 11.0. The lowest BCUT2D eigenvalue weighted by molar-refractivity contribution is 0.0959.